The number of hydrogen-bond acceptors (Lipinski definition) is 2. The minimum absolute atomic E-state index is 0.207. The van der Waals surface area contributed by atoms with Crippen LogP contribution in [0.5, 0.6) is 0 Å². The van der Waals surface area contributed by atoms with Crippen molar-refractivity contribution in [3.8, 4) is 0 Å². The van der Waals surface area contributed by atoms with E-state index in [0.717, 1.165) is 12.0 Å². The van der Waals surface area contributed by atoms with Gasteiger partial charge in [-0.3, -0.25) is 0 Å². The average Bonchev–Trinajstić information content (AvgIpc) is 2.26. The van der Waals surface area contributed by atoms with E-state index in [-0.39, 0.29) is 6.10 Å². The van der Waals surface area contributed by atoms with Crippen LogP contribution in [0.15, 0.2) is 30.3 Å². The normalized spacial score (nSPS) is 15.1. The van der Waals surface area contributed by atoms with Gasteiger partial charge in [-0.1, -0.05) is 44.2 Å². The molecule has 1 aromatic rings. The molecule has 0 fully saturated rings. The minimum atomic E-state index is -0.518. The Hall–Kier alpha value is -0.860. The van der Waals surface area contributed by atoms with Gasteiger partial charge in [0.15, 0.2) is 0 Å². The molecule has 0 saturated heterocycles. The van der Waals surface area contributed by atoms with Crippen molar-refractivity contribution in [3.63, 3.8) is 0 Å². The maximum absolute atomic E-state index is 9.88. The zero-order valence-corrected chi connectivity index (χ0v) is 10.4. The van der Waals surface area contributed by atoms with Crippen molar-refractivity contribution in [1.29, 1.82) is 0 Å². The van der Waals surface area contributed by atoms with Gasteiger partial charge in [0.05, 0.1) is 12.7 Å². The third kappa shape index (κ3) is 4.77. The highest BCUT2D eigenvalue weighted by molar-refractivity contribution is 5.17. The van der Waals surface area contributed by atoms with Crippen molar-refractivity contribution < 1.29 is 9.84 Å². The molecule has 0 amide bonds. The Kier molecular flexibility index (Phi) is 5.50. The van der Waals surface area contributed by atoms with E-state index in [1.54, 1.807) is 0 Å². The van der Waals surface area contributed by atoms with E-state index in [1.807, 2.05) is 30.3 Å². The zero-order chi connectivity index (χ0) is 12.0. The molecule has 0 aliphatic rings. The summed E-state index contributed by atoms with van der Waals surface area (Å²) >= 11 is 0. The Morgan fingerprint density at radius 1 is 1.12 bits per heavy atom. The summed E-state index contributed by atoms with van der Waals surface area (Å²) in [5, 5.41) is 9.88. The molecular weight excluding hydrogens is 200 g/mol. The van der Waals surface area contributed by atoms with Crippen LogP contribution in [0.4, 0.5) is 0 Å². The van der Waals surface area contributed by atoms with Gasteiger partial charge in [0, 0.05) is 0 Å². The highest BCUT2D eigenvalue weighted by atomic mass is 16.5. The lowest BCUT2D eigenvalue weighted by molar-refractivity contribution is -0.0101. The Morgan fingerprint density at radius 3 is 2.31 bits per heavy atom. The smallest absolute Gasteiger partial charge is 0.102 e. The number of aliphatic hydroxyl groups excluding tert-OH is 1. The van der Waals surface area contributed by atoms with Crippen LogP contribution in [0.25, 0.3) is 0 Å². The predicted molar refractivity (Wildman–Crippen MR) is 66.3 cm³/mol. The molecule has 90 valence electrons. The molecule has 2 nitrogen and oxygen atoms in total. The quantitative estimate of drug-likeness (QED) is 0.801. The van der Waals surface area contributed by atoms with E-state index in [2.05, 4.69) is 20.8 Å². The largest absolute Gasteiger partial charge is 0.386 e. The van der Waals surface area contributed by atoms with Crippen LogP contribution in [0.3, 0.4) is 0 Å². The summed E-state index contributed by atoms with van der Waals surface area (Å²) in [5.74, 6) is 0.629. The lowest BCUT2D eigenvalue weighted by atomic mass is 10.1. The van der Waals surface area contributed by atoms with Crippen molar-refractivity contribution in [2.75, 3.05) is 6.61 Å². The van der Waals surface area contributed by atoms with Gasteiger partial charge >= 0.3 is 0 Å². The first-order chi connectivity index (χ1) is 7.59. The number of hydrogen-bond donors (Lipinski definition) is 1. The van der Waals surface area contributed by atoms with Crippen molar-refractivity contribution in [2.45, 2.75) is 39.4 Å². The van der Waals surface area contributed by atoms with Crippen molar-refractivity contribution >= 4 is 0 Å². The second kappa shape index (κ2) is 6.66. The molecule has 2 heteroatoms. The van der Waals surface area contributed by atoms with Gasteiger partial charge in [0.1, 0.15) is 6.10 Å². The molecule has 0 spiro atoms. The summed E-state index contributed by atoms with van der Waals surface area (Å²) in [5.41, 5.74) is 0.916. The Labute approximate surface area is 98.3 Å². The molecule has 2 unspecified atom stereocenters. The maximum Gasteiger partial charge on any atom is 0.102 e. The molecule has 0 bridgehead atoms. The molecule has 1 rings (SSSR count). The molecule has 0 aliphatic carbocycles. The van der Waals surface area contributed by atoms with Crippen LogP contribution in [0.2, 0.25) is 0 Å². The van der Waals surface area contributed by atoms with E-state index in [0.29, 0.717) is 12.5 Å². The predicted octanol–water partition coefficient (Wildman–Crippen LogP) is 3.17. The van der Waals surface area contributed by atoms with Crippen molar-refractivity contribution in [3.05, 3.63) is 35.9 Å². The topological polar surface area (TPSA) is 29.5 Å². The van der Waals surface area contributed by atoms with Crippen LogP contribution in [-0.4, -0.2) is 17.8 Å². The van der Waals surface area contributed by atoms with Gasteiger partial charge in [-0.05, 0) is 24.8 Å². The van der Waals surface area contributed by atoms with Crippen LogP contribution in [-0.2, 0) is 4.74 Å². The van der Waals surface area contributed by atoms with E-state index in [4.69, 9.17) is 4.74 Å². The van der Waals surface area contributed by atoms with E-state index in [1.165, 1.54) is 0 Å². The summed E-state index contributed by atoms with van der Waals surface area (Å²) in [4.78, 5) is 0. The molecule has 0 aliphatic heterocycles. The molecule has 0 radical (unpaired) electrons. The molecule has 0 heterocycles. The first kappa shape index (κ1) is 13.2. The lowest BCUT2D eigenvalue weighted by Gasteiger charge is -2.18. The SMILES string of the molecule is CC(C)CC(C)OCC(O)c1ccccc1. The van der Waals surface area contributed by atoms with Crippen LogP contribution in [0.1, 0.15) is 38.9 Å². The van der Waals surface area contributed by atoms with E-state index < -0.39 is 6.10 Å². The molecular formula is C14H22O2. The second-order valence-corrected chi connectivity index (χ2v) is 4.70. The average molecular weight is 222 g/mol. The number of benzene rings is 1. The van der Waals surface area contributed by atoms with Gasteiger partial charge in [0.25, 0.3) is 0 Å². The molecule has 1 aromatic carbocycles. The summed E-state index contributed by atoms with van der Waals surface area (Å²) in [6, 6.07) is 9.63. The molecule has 1 N–H and O–H groups in total. The maximum atomic E-state index is 9.88. The molecule has 0 aromatic heterocycles. The summed E-state index contributed by atoms with van der Waals surface area (Å²) < 4.78 is 5.62. The van der Waals surface area contributed by atoms with Gasteiger partial charge in [-0.25, -0.2) is 0 Å². The van der Waals surface area contributed by atoms with E-state index in [9.17, 15) is 5.11 Å². The Bertz CT molecular complexity index is 282. The standard InChI is InChI=1S/C14H22O2/c1-11(2)9-12(3)16-10-14(15)13-7-5-4-6-8-13/h4-8,11-12,14-15H,9-10H2,1-3H3. The van der Waals surface area contributed by atoms with Crippen molar-refractivity contribution in [1.82, 2.24) is 0 Å². The summed E-state index contributed by atoms with van der Waals surface area (Å²) in [6.45, 7) is 6.77. The Morgan fingerprint density at radius 2 is 1.75 bits per heavy atom. The number of rotatable bonds is 6. The van der Waals surface area contributed by atoms with Gasteiger partial charge in [0.2, 0.25) is 0 Å². The van der Waals surface area contributed by atoms with Gasteiger partial charge in [-0.2, -0.15) is 0 Å². The minimum Gasteiger partial charge on any atom is -0.386 e. The summed E-state index contributed by atoms with van der Waals surface area (Å²) in [7, 11) is 0. The fourth-order valence-electron chi connectivity index (χ4n) is 1.76. The van der Waals surface area contributed by atoms with Gasteiger partial charge in [-0.15, -0.1) is 0 Å². The lowest BCUT2D eigenvalue weighted by Crippen LogP contribution is -2.16. The zero-order valence-electron chi connectivity index (χ0n) is 10.4. The third-order valence-corrected chi connectivity index (χ3v) is 2.53. The van der Waals surface area contributed by atoms with Crippen LogP contribution in [0, 0.1) is 5.92 Å². The molecule has 16 heavy (non-hydrogen) atoms. The number of aliphatic hydroxyl groups is 1. The fraction of sp³-hybridized carbons (Fsp3) is 0.571. The van der Waals surface area contributed by atoms with Crippen LogP contribution >= 0.6 is 0 Å². The third-order valence-electron chi connectivity index (χ3n) is 2.53. The Balaban J connectivity index is 2.33. The first-order valence-corrected chi connectivity index (χ1v) is 5.94. The van der Waals surface area contributed by atoms with Crippen LogP contribution < -0.4 is 0 Å². The van der Waals surface area contributed by atoms with Crippen molar-refractivity contribution in [2.24, 2.45) is 5.92 Å². The summed E-state index contributed by atoms with van der Waals surface area (Å²) in [6.07, 6.45) is 0.718. The van der Waals surface area contributed by atoms with Gasteiger partial charge < -0.3 is 9.84 Å². The molecule has 2 atom stereocenters. The fourth-order valence-corrected chi connectivity index (χ4v) is 1.76. The highest BCUT2D eigenvalue weighted by Crippen LogP contribution is 2.15. The number of ether oxygens (including phenoxy) is 1. The molecule has 0 saturated carbocycles. The first-order valence-electron chi connectivity index (χ1n) is 5.94. The monoisotopic (exact) mass is 222 g/mol. The highest BCUT2D eigenvalue weighted by Gasteiger charge is 2.10. The van der Waals surface area contributed by atoms with E-state index >= 15 is 0 Å². The second-order valence-electron chi connectivity index (χ2n) is 4.70.